The van der Waals surface area contributed by atoms with Crippen molar-refractivity contribution >= 4 is 11.8 Å². The zero-order valence-electron chi connectivity index (χ0n) is 18.3. The number of hydrogen-bond donors (Lipinski definition) is 0. The quantitative estimate of drug-likeness (QED) is 0.468. The maximum absolute atomic E-state index is 11.7. The summed E-state index contributed by atoms with van der Waals surface area (Å²) in [6, 6.07) is 2.04. The Morgan fingerprint density at radius 1 is 1.25 bits per heavy atom. The summed E-state index contributed by atoms with van der Waals surface area (Å²) in [5, 5.41) is 0. The molecule has 0 N–H and O–H groups in total. The first-order valence-corrected chi connectivity index (χ1v) is 10.2. The number of cyclic esters (lactones) is 1. The van der Waals surface area contributed by atoms with Gasteiger partial charge in [0.15, 0.2) is 0 Å². The molecule has 0 radical (unpaired) electrons. The molecule has 28 heavy (non-hydrogen) atoms. The maximum atomic E-state index is 11.7. The van der Waals surface area contributed by atoms with Crippen LogP contribution in [-0.4, -0.2) is 29.6 Å². The summed E-state index contributed by atoms with van der Waals surface area (Å²) in [6.07, 6.45) is 2.02. The standard InChI is InChI=1S/C23H34O5/c1-8-23(6,7)28-20-11-15(4)22(26-14(2)3)16(5)19(20)10-9-18-12-17(24)13-21(25)27-18/h11,14,18H,8-10,12-13H2,1-7H3. The summed E-state index contributed by atoms with van der Waals surface area (Å²) in [6.45, 7) is 14.3. The lowest BCUT2D eigenvalue weighted by atomic mass is 9.94. The highest BCUT2D eigenvalue weighted by Gasteiger charge is 2.28. The number of carbonyl (C=O) groups excluding carboxylic acids is 2. The van der Waals surface area contributed by atoms with Gasteiger partial charge in [0.1, 0.15) is 35.4 Å². The number of Topliss-reactive ketones (excluding diaryl/α,β-unsaturated/α-hetero) is 1. The summed E-state index contributed by atoms with van der Waals surface area (Å²) in [5.74, 6) is 1.25. The fourth-order valence-corrected chi connectivity index (χ4v) is 3.38. The van der Waals surface area contributed by atoms with E-state index in [4.69, 9.17) is 14.2 Å². The molecule has 0 aromatic heterocycles. The number of benzene rings is 1. The third-order valence-corrected chi connectivity index (χ3v) is 5.20. The molecular weight excluding hydrogens is 356 g/mol. The Kier molecular flexibility index (Phi) is 7.13. The molecule has 0 saturated carbocycles. The number of ketones is 1. The maximum Gasteiger partial charge on any atom is 0.313 e. The molecule has 1 aromatic rings. The molecule has 1 aliphatic heterocycles. The second-order valence-electron chi connectivity index (χ2n) is 8.58. The van der Waals surface area contributed by atoms with Crippen molar-refractivity contribution in [1.82, 2.24) is 0 Å². The van der Waals surface area contributed by atoms with Gasteiger partial charge in [-0.1, -0.05) is 6.92 Å². The molecule has 1 heterocycles. The van der Waals surface area contributed by atoms with E-state index in [9.17, 15) is 9.59 Å². The Morgan fingerprint density at radius 3 is 2.50 bits per heavy atom. The zero-order valence-corrected chi connectivity index (χ0v) is 18.3. The predicted octanol–water partition coefficient (Wildman–Crippen LogP) is 4.87. The van der Waals surface area contributed by atoms with Crippen LogP contribution in [0.2, 0.25) is 0 Å². The van der Waals surface area contributed by atoms with Crippen LogP contribution in [0.15, 0.2) is 6.07 Å². The molecule has 1 fully saturated rings. The molecule has 5 heteroatoms. The fraction of sp³-hybridized carbons (Fsp3) is 0.652. The second kappa shape index (κ2) is 8.97. The van der Waals surface area contributed by atoms with Crippen molar-refractivity contribution in [2.75, 3.05) is 0 Å². The molecule has 156 valence electrons. The van der Waals surface area contributed by atoms with Crippen molar-refractivity contribution < 1.29 is 23.8 Å². The summed E-state index contributed by atoms with van der Waals surface area (Å²) >= 11 is 0. The van der Waals surface area contributed by atoms with Gasteiger partial charge in [-0.2, -0.15) is 0 Å². The third-order valence-electron chi connectivity index (χ3n) is 5.20. The average molecular weight is 391 g/mol. The molecule has 1 atom stereocenters. The van der Waals surface area contributed by atoms with E-state index >= 15 is 0 Å². The molecule has 1 aromatic carbocycles. The lowest BCUT2D eigenvalue weighted by Gasteiger charge is -2.29. The van der Waals surface area contributed by atoms with Gasteiger partial charge >= 0.3 is 5.97 Å². The van der Waals surface area contributed by atoms with Crippen LogP contribution in [0.25, 0.3) is 0 Å². The van der Waals surface area contributed by atoms with Crippen LogP contribution in [-0.2, 0) is 20.7 Å². The van der Waals surface area contributed by atoms with Gasteiger partial charge in [-0.15, -0.1) is 0 Å². The highest BCUT2D eigenvalue weighted by atomic mass is 16.5. The Balaban J connectivity index is 2.34. The number of hydrogen-bond acceptors (Lipinski definition) is 5. The van der Waals surface area contributed by atoms with E-state index in [1.807, 2.05) is 33.8 Å². The van der Waals surface area contributed by atoms with Crippen molar-refractivity contribution in [2.45, 2.75) is 98.4 Å². The monoisotopic (exact) mass is 390 g/mol. The van der Waals surface area contributed by atoms with Crippen LogP contribution in [0.3, 0.4) is 0 Å². The number of esters is 1. The lowest BCUT2D eigenvalue weighted by Crippen LogP contribution is -2.30. The van der Waals surface area contributed by atoms with Crippen LogP contribution in [0, 0.1) is 13.8 Å². The van der Waals surface area contributed by atoms with Crippen molar-refractivity contribution in [3.63, 3.8) is 0 Å². The first-order chi connectivity index (χ1) is 13.0. The molecule has 5 nitrogen and oxygen atoms in total. The third kappa shape index (κ3) is 5.73. The van der Waals surface area contributed by atoms with Gasteiger partial charge in [0, 0.05) is 12.0 Å². The minimum absolute atomic E-state index is 0.0469. The molecule has 1 aliphatic rings. The van der Waals surface area contributed by atoms with E-state index in [0.717, 1.165) is 34.6 Å². The van der Waals surface area contributed by atoms with Gasteiger partial charge in [-0.25, -0.2) is 0 Å². The van der Waals surface area contributed by atoms with Crippen LogP contribution in [0.5, 0.6) is 11.5 Å². The number of aryl methyl sites for hydroxylation is 1. The Labute approximate surface area is 168 Å². The number of carbonyl (C=O) groups is 2. The smallest absolute Gasteiger partial charge is 0.313 e. The first kappa shape index (κ1) is 22.3. The zero-order chi connectivity index (χ0) is 21.1. The molecule has 0 amide bonds. The molecular formula is C23H34O5. The summed E-state index contributed by atoms with van der Waals surface area (Å²) < 4.78 is 17.8. The van der Waals surface area contributed by atoms with Gasteiger partial charge in [0.25, 0.3) is 0 Å². The Hall–Kier alpha value is -2.04. The molecule has 1 saturated heterocycles. The number of rotatable bonds is 8. The Morgan fingerprint density at radius 2 is 1.93 bits per heavy atom. The van der Waals surface area contributed by atoms with E-state index in [1.54, 1.807) is 0 Å². The van der Waals surface area contributed by atoms with Gasteiger partial charge in [0.05, 0.1) is 6.10 Å². The number of ether oxygens (including phenoxy) is 3. The molecule has 0 spiro atoms. The molecule has 2 rings (SSSR count). The highest BCUT2D eigenvalue weighted by Crippen LogP contribution is 2.37. The minimum atomic E-state index is -0.422. The predicted molar refractivity (Wildman–Crippen MR) is 109 cm³/mol. The Bertz CT molecular complexity index is 717. The van der Waals surface area contributed by atoms with Crippen LogP contribution < -0.4 is 9.47 Å². The van der Waals surface area contributed by atoms with Crippen LogP contribution in [0.1, 0.15) is 77.0 Å². The fourth-order valence-electron chi connectivity index (χ4n) is 3.38. The van der Waals surface area contributed by atoms with Crippen molar-refractivity contribution in [1.29, 1.82) is 0 Å². The first-order valence-electron chi connectivity index (χ1n) is 10.2. The van der Waals surface area contributed by atoms with Gasteiger partial charge in [-0.3, -0.25) is 9.59 Å². The summed E-state index contributed by atoms with van der Waals surface area (Å²) in [5.41, 5.74) is 2.85. The van der Waals surface area contributed by atoms with Crippen molar-refractivity contribution in [2.24, 2.45) is 0 Å². The van der Waals surface area contributed by atoms with Crippen molar-refractivity contribution in [3.8, 4) is 11.5 Å². The minimum Gasteiger partial charge on any atom is -0.490 e. The van der Waals surface area contributed by atoms with Gasteiger partial charge in [0.2, 0.25) is 0 Å². The topological polar surface area (TPSA) is 61.8 Å². The van der Waals surface area contributed by atoms with E-state index in [-0.39, 0.29) is 30.0 Å². The lowest BCUT2D eigenvalue weighted by molar-refractivity contribution is -0.157. The van der Waals surface area contributed by atoms with E-state index in [2.05, 4.69) is 20.8 Å². The average Bonchev–Trinajstić information content (AvgIpc) is 2.57. The SMILES string of the molecule is CCC(C)(C)Oc1cc(C)c(OC(C)C)c(C)c1CCC1CC(=O)CC(=O)O1. The van der Waals surface area contributed by atoms with Crippen molar-refractivity contribution in [3.05, 3.63) is 22.8 Å². The van der Waals surface area contributed by atoms with Gasteiger partial charge < -0.3 is 14.2 Å². The molecule has 1 unspecified atom stereocenters. The van der Waals surface area contributed by atoms with Crippen LogP contribution in [0.4, 0.5) is 0 Å². The van der Waals surface area contributed by atoms with E-state index in [1.165, 1.54) is 0 Å². The molecule has 0 aliphatic carbocycles. The van der Waals surface area contributed by atoms with Gasteiger partial charge in [-0.05, 0) is 78.0 Å². The van der Waals surface area contributed by atoms with E-state index in [0.29, 0.717) is 19.3 Å². The largest absolute Gasteiger partial charge is 0.490 e. The second-order valence-corrected chi connectivity index (χ2v) is 8.58. The normalized spacial score (nSPS) is 17.6. The molecule has 0 bridgehead atoms. The highest BCUT2D eigenvalue weighted by molar-refractivity contribution is 5.97. The summed E-state index contributed by atoms with van der Waals surface area (Å²) in [7, 11) is 0. The van der Waals surface area contributed by atoms with Crippen LogP contribution >= 0.6 is 0 Å². The summed E-state index contributed by atoms with van der Waals surface area (Å²) in [4.78, 5) is 23.3. The van der Waals surface area contributed by atoms with E-state index < -0.39 is 5.97 Å².